The third-order valence-electron chi connectivity index (χ3n) is 2.52. The molecular weight excluding hydrogens is 216 g/mol. The number of carbonyl (C=O) groups excluding carboxylic acids is 1. The van der Waals surface area contributed by atoms with Gasteiger partial charge < -0.3 is 10.2 Å². The van der Waals surface area contributed by atoms with Crippen LogP contribution in [0.15, 0.2) is 24.3 Å². The summed E-state index contributed by atoms with van der Waals surface area (Å²) in [5.74, 6) is 4.76. The minimum Gasteiger partial charge on any atom is -0.350 e. The Hall–Kier alpha value is -1.39. The molecule has 4 heteroatoms. The van der Waals surface area contributed by atoms with Crippen LogP contribution in [0.3, 0.4) is 0 Å². The fraction of sp³-hybridized carbons (Fsp3) is 0.462. The molecule has 0 spiro atoms. The Balaban J connectivity index is 2.64. The van der Waals surface area contributed by atoms with E-state index in [1.165, 1.54) is 5.56 Å². The largest absolute Gasteiger partial charge is 0.350 e. The highest BCUT2D eigenvalue weighted by Crippen LogP contribution is 2.22. The van der Waals surface area contributed by atoms with E-state index in [1.807, 2.05) is 24.3 Å². The summed E-state index contributed by atoms with van der Waals surface area (Å²) >= 11 is 0. The summed E-state index contributed by atoms with van der Waals surface area (Å²) < 4.78 is 0. The van der Waals surface area contributed by atoms with E-state index in [0.29, 0.717) is 18.7 Å². The molecule has 0 unspecified atom stereocenters. The molecule has 0 aromatic heterocycles. The van der Waals surface area contributed by atoms with E-state index in [1.54, 1.807) is 0 Å². The molecule has 94 valence electrons. The second kappa shape index (κ2) is 5.80. The van der Waals surface area contributed by atoms with Crippen molar-refractivity contribution in [3.63, 3.8) is 0 Å². The zero-order chi connectivity index (χ0) is 12.9. The number of nitrogens with one attached hydrogen (secondary N) is 1. The summed E-state index contributed by atoms with van der Waals surface area (Å²) in [5, 5.41) is 2.71. The van der Waals surface area contributed by atoms with E-state index >= 15 is 0 Å². The summed E-state index contributed by atoms with van der Waals surface area (Å²) in [7, 11) is 0. The number of rotatable bonds is 4. The van der Waals surface area contributed by atoms with Gasteiger partial charge in [0.15, 0.2) is 0 Å². The number of nitrogens with two attached hydrogens (primary N) is 1. The predicted molar refractivity (Wildman–Crippen MR) is 67.6 cm³/mol. The standard InChI is InChI=1S/C13H20N2O2/c1-13(2,3)11-6-4-10(5-7-11)12(16)15-8-9-17-14/h4-7H,8-9,14H2,1-3H3,(H,15,16). The molecule has 0 saturated carbocycles. The second-order valence-corrected chi connectivity index (χ2v) is 4.95. The smallest absolute Gasteiger partial charge is 0.251 e. The van der Waals surface area contributed by atoms with E-state index in [9.17, 15) is 4.79 Å². The minimum absolute atomic E-state index is 0.0996. The van der Waals surface area contributed by atoms with Crippen LogP contribution in [0, 0.1) is 0 Å². The molecule has 0 bridgehead atoms. The fourth-order valence-corrected chi connectivity index (χ4v) is 1.45. The summed E-state index contributed by atoms with van der Waals surface area (Å²) in [5.41, 5.74) is 1.96. The van der Waals surface area contributed by atoms with Gasteiger partial charge in [-0.15, -0.1) is 0 Å². The molecule has 0 radical (unpaired) electrons. The van der Waals surface area contributed by atoms with Crippen LogP contribution in [0.25, 0.3) is 0 Å². The first-order valence-corrected chi connectivity index (χ1v) is 5.65. The molecule has 1 amide bonds. The van der Waals surface area contributed by atoms with Crippen LogP contribution in [0.1, 0.15) is 36.7 Å². The van der Waals surface area contributed by atoms with Crippen molar-refractivity contribution < 1.29 is 9.63 Å². The summed E-state index contributed by atoms with van der Waals surface area (Å²) in [6, 6.07) is 7.63. The van der Waals surface area contributed by atoms with Crippen LogP contribution < -0.4 is 11.2 Å². The lowest BCUT2D eigenvalue weighted by Crippen LogP contribution is -2.28. The third-order valence-corrected chi connectivity index (χ3v) is 2.52. The van der Waals surface area contributed by atoms with Gasteiger partial charge in [0.1, 0.15) is 0 Å². The maximum atomic E-state index is 11.7. The molecule has 0 aliphatic rings. The number of benzene rings is 1. The van der Waals surface area contributed by atoms with Gasteiger partial charge >= 0.3 is 0 Å². The zero-order valence-electron chi connectivity index (χ0n) is 10.6. The Morgan fingerprint density at radius 1 is 1.29 bits per heavy atom. The van der Waals surface area contributed by atoms with Crippen LogP contribution in [-0.2, 0) is 10.3 Å². The van der Waals surface area contributed by atoms with Crippen LogP contribution in [-0.4, -0.2) is 19.1 Å². The van der Waals surface area contributed by atoms with Crippen LogP contribution in [0.5, 0.6) is 0 Å². The van der Waals surface area contributed by atoms with Crippen LogP contribution >= 0.6 is 0 Å². The van der Waals surface area contributed by atoms with Gasteiger partial charge in [-0.2, -0.15) is 0 Å². The molecule has 3 N–H and O–H groups in total. The lowest BCUT2D eigenvalue weighted by atomic mass is 9.87. The molecule has 0 aliphatic carbocycles. The van der Waals surface area contributed by atoms with Crippen molar-refractivity contribution >= 4 is 5.91 Å². The third kappa shape index (κ3) is 4.17. The van der Waals surface area contributed by atoms with Gasteiger partial charge in [-0.05, 0) is 23.1 Å². The normalized spacial score (nSPS) is 11.3. The average Bonchev–Trinajstić information content (AvgIpc) is 2.28. The molecule has 0 heterocycles. The lowest BCUT2D eigenvalue weighted by molar-refractivity contribution is 0.0917. The highest BCUT2D eigenvalue weighted by molar-refractivity contribution is 5.94. The van der Waals surface area contributed by atoms with Gasteiger partial charge in [-0.1, -0.05) is 32.9 Å². The number of amides is 1. The van der Waals surface area contributed by atoms with Crippen molar-refractivity contribution in [2.45, 2.75) is 26.2 Å². The van der Waals surface area contributed by atoms with E-state index < -0.39 is 0 Å². The van der Waals surface area contributed by atoms with E-state index in [0.717, 1.165) is 0 Å². The first-order valence-electron chi connectivity index (χ1n) is 5.65. The SMILES string of the molecule is CC(C)(C)c1ccc(C(=O)NCCON)cc1. The molecule has 1 aromatic carbocycles. The van der Waals surface area contributed by atoms with E-state index in [-0.39, 0.29) is 11.3 Å². The van der Waals surface area contributed by atoms with Crippen molar-refractivity contribution in [2.75, 3.05) is 13.2 Å². The summed E-state index contributed by atoms with van der Waals surface area (Å²) in [6.45, 7) is 7.14. The molecule has 1 rings (SSSR count). The second-order valence-electron chi connectivity index (χ2n) is 4.95. The maximum Gasteiger partial charge on any atom is 0.251 e. The molecule has 4 nitrogen and oxygen atoms in total. The first-order chi connectivity index (χ1) is 7.95. The Labute approximate surface area is 102 Å². The van der Waals surface area contributed by atoms with Crippen molar-refractivity contribution in [1.82, 2.24) is 5.32 Å². The molecule has 0 saturated heterocycles. The number of carbonyl (C=O) groups is 1. The molecule has 1 aromatic rings. The first kappa shape index (κ1) is 13.7. The highest BCUT2D eigenvalue weighted by atomic mass is 16.6. The Morgan fingerprint density at radius 3 is 2.35 bits per heavy atom. The van der Waals surface area contributed by atoms with E-state index in [4.69, 9.17) is 5.90 Å². The van der Waals surface area contributed by atoms with Gasteiger partial charge in [0.25, 0.3) is 5.91 Å². The molecule has 0 fully saturated rings. The lowest BCUT2D eigenvalue weighted by Gasteiger charge is -2.19. The van der Waals surface area contributed by atoms with Crippen molar-refractivity contribution in [1.29, 1.82) is 0 Å². The average molecular weight is 236 g/mol. The van der Waals surface area contributed by atoms with Gasteiger partial charge in [-0.25, -0.2) is 5.90 Å². The van der Waals surface area contributed by atoms with Gasteiger partial charge in [0.2, 0.25) is 0 Å². The van der Waals surface area contributed by atoms with Crippen molar-refractivity contribution in [2.24, 2.45) is 5.90 Å². The number of hydrogen-bond donors (Lipinski definition) is 2. The van der Waals surface area contributed by atoms with Gasteiger partial charge in [0, 0.05) is 12.1 Å². The van der Waals surface area contributed by atoms with Gasteiger partial charge in [-0.3, -0.25) is 4.79 Å². The zero-order valence-corrected chi connectivity index (χ0v) is 10.6. The van der Waals surface area contributed by atoms with Crippen LogP contribution in [0.2, 0.25) is 0 Å². The summed E-state index contributed by atoms with van der Waals surface area (Å²) in [4.78, 5) is 16.1. The van der Waals surface area contributed by atoms with E-state index in [2.05, 4.69) is 30.9 Å². The topological polar surface area (TPSA) is 64.3 Å². The highest BCUT2D eigenvalue weighted by Gasteiger charge is 2.13. The molecule has 0 aliphatic heterocycles. The molecule has 0 atom stereocenters. The molecular formula is C13H20N2O2. The van der Waals surface area contributed by atoms with Crippen molar-refractivity contribution in [3.05, 3.63) is 35.4 Å². The quantitative estimate of drug-likeness (QED) is 0.616. The Bertz CT molecular complexity index is 366. The summed E-state index contributed by atoms with van der Waals surface area (Å²) in [6.07, 6.45) is 0. The molecule has 17 heavy (non-hydrogen) atoms. The monoisotopic (exact) mass is 236 g/mol. The Kier molecular flexibility index (Phi) is 4.66. The minimum atomic E-state index is -0.109. The Morgan fingerprint density at radius 2 is 1.88 bits per heavy atom. The number of hydrogen-bond acceptors (Lipinski definition) is 3. The maximum absolute atomic E-state index is 11.7. The van der Waals surface area contributed by atoms with Crippen molar-refractivity contribution in [3.8, 4) is 0 Å². The van der Waals surface area contributed by atoms with Gasteiger partial charge in [0.05, 0.1) is 6.61 Å². The fourth-order valence-electron chi connectivity index (χ4n) is 1.45. The van der Waals surface area contributed by atoms with Crippen LogP contribution in [0.4, 0.5) is 0 Å². The predicted octanol–water partition coefficient (Wildman–Crippen LogP) is 1.60.